The zero-order valence-corrected chi connectivity index (χ0v) is 18.5. The smallest absolute Gasteiger partial charge is 0.410 e. The summed E-state index contributed by atoms with van der Waals surface area (Å²) in [6, 6.07) is 7.18. The van der Waals surface area contributed by atoms with E-state index in [4.69, 9.17) is 4.74 Å². The van der Waals surface area contributed by atoms with Gasteiger partial charge >= 0.3 is 6.09 Å². The molecule has 1 fully saturated rings. The van der Waals surface area contributed by atoms with E-state index in [0.717, 1.165) is 36.9 Å². The molecule has 164 valence electrons. The van der Waals surface area contributed by atoms with Gasteiger partial charge in [0.25, 0.3) is 0 Å². The highest BCUT2D eigenvalue weighted by Crippen LogP contribution is 2.30. The van der Waals surface area contributed by atoms with Crippen molar-refractivity contribution in [2.75, 3.05) is 11.9 Å². The van der Waals surface area contributed by atoms with Crippen LogP contribution in [0, 0.1) is 0 Å². The molecule has 2 heterocycles. The maximum Gasteiger partial charge on any atom is 0.410 e. The fourth-order valence-corrected chi connectivity index (χ4v) is 4.34. The Balaban J connectivity index is 1.51. The van der Waals surface area contributed by atoms with Crippen LogP contribution in [0.4, 0.5) is 10.5 Å². The first-order chi connectivity index (χ1) is 14.8. The number of nitrogens with one attached hydrogen (secondary N) is 1. The van der Waals surface area contributed by atoms with Crippen LogP contribution < -0.4 is 5.32 Å². The number of aromatic nitrogens is 2. The summed E-state index contributed by atoms with van der Waals surface area (Å²) in [7, 11) is 0. The minimum Gasteiger partial charge on any atom is -0.444 e. The van der Waals surface area contributed by atoms with Crippen molar-refractivity contribution in [1.29, 1.82) is 0 Å². The summed E-state index contributed by atoms with van der Waals surface area (Å²) >= 11 is 0. The van der Waals surface area contributed by atoms with E-state index >= 15 is 0 Å². The first-order valence-corrected chi connectivity index (χ1v) is 11.1. The van der Waals surface area contributed by atoms with Gasteiger partial charge < -0.3 is 10.1 Å². The number of carbonyl (C=O) groups excluding carboxylic acids is 2. The molecule has 0 spiro atoms. The van der Waals surface area contributed by atoms with Gasteiger partial charge in [-0.3, -0.25) is 9.69 Å². The summed E-state index contributed by atoms with van der Waals surface area (Å²) in [6.07, 6.45) is 7.22. The standard InChI is InChI=1S/C24H30N4O3/c1-24(2,3)31-23(30)28-13-7-12-20(28)22(29)26-18-10-6-9-16(14-18)21-19-11-5-4-8-17(19)15-25-27-21/h6,9-10,14-15,20H,4-5,7-8,11-13H2,1-3H3,(H,26,29). The van der Waals surface area contributed by atoms with Crippen molar-refractivity contribution in [3.05, 3.63) is 41.6 Å². The molecular weight excluding hydrogens is 392 g/mol. The Morgan fingerprint density at radius 1 is 1.16 bits per heavy atom. The van der Waals surface area contributed by atoms with Gasteiger partial charge in [0.2, 0.25) is 5.91 Å². The van der Waals surface area contributed by atoms with Crippen molar-refractivity contribution in [3.8, 4) is 11.3 Å². The third-order valence-electron chi connectivity index (χ3n) is 5.75. The van der Waals surface area contributed by atoms with Crippen LogP contribution in [0.25, 0.3) is 11.3 Å². The largest absolute Gasteiger partial charge is 0.444 e. The molecule has 2 amide bonds. The molecule has 4 rings (SSSR count). The van der Waals surface area contributed by atoms with Crippen LogP contribution in [0.1, 0.15) is 57.6 Å². The lowest BCUT2D eigenvalue weighted by molar-refractivity contribution is -0.120. The van der Waals surface area contributed by atoms with Crippen molar-refractivity contribution >= 4 is 17.7 Å². The van der Waals surface area contributed by atoms with E-state index in [-0.39, 0.29) is 5.91 Å². The SMILES string of the molecule is CC(C)(C)OC(=O)N1CCCC1C(=O)Nc1cccc(-c2nncc3c2CCCC3)c1. The lowest BCUT2D eigenvalue weighted by atomic mass is 9.90. The zero-order chi connectivity index (χ0) is 22.0. The van der Waals surface area contributed by atoms with E-state index in [1.54, 1.807) is 0 Å². The number of benzene rings is 1. The third kappa shape index (κ3) is 4.86. The fraction of sp³-hybridized carbons (Fsp3) is 0.500. The molecule has 7 nitrogen and oxygen atoms in total. The molecule has 1 saturated heterocycles. The predicted molar refractivity (Wildman–Crippen MR) is 119 cm³/mol. The van der Waals surface area contributed by atoms with Gasteiger partial charge in [-0.1, -0.05) is 12.1 Å². The molecule has 31 heavy (non-hydrogen) atoms. The molecule has 7 heteroatoms. The number of hydrogen-bond acceptors (Lipinski definition) is 5. The molecule has 1 unspecified atom stereocenters. The molecule has 2 aliphatic rings. The van der Waals surface area contributed by atoms with Crippen LogP contribution in [-0.2, 0) is 22.4 Å². The molecule has 2 aromatic rings. The van der Waals surface area contributed by atoms with Crippen LogP contribution in [0.3, 0.4) is 0 Å². The van der Waals surface area contributed by atoms with Crippen LogP contribution in [-0.4, -0.2) is 45.3 Å². The van der Waals surface area contributed by atoms with Crippen LogP contribution in [0.5, 0.6) is 0 Å². The number of fused-ring (bicyclic) bond motifs is 1. The van der Waals surface area contributed by atoms with Crippen LogP contribution >= 0.6 is 0 Å². The highest BCUT2D eigenvalue weighted by atomic mass is 16.6. The van der Waals surface area contributed by atoms with Gasteiger partial charge in [0.05, 0.1) is 11.9 Å². The second-order valence-electron chi connectivity index (χ2n) is 9.31. The number of carbonyl (C=O) groups is 2. The van der Waals surface area contributed by atoms with Crippen molar-refractivity contribution in [3.63, 3.8) is 0 Å². The first kappa shape index (κ1) is 21.3. The van der Waals surface area contributed by atoms with Gasteiger partial charge in [-0.25, -0.2) is 4.79 Å². The highest BCUT2D eigenvalue weighted by Gasteiger charge is 2.36. The van der Waals surface area contributed by atoms with Crippen molar-refractivity contribution < 1.29 is 14.3 Å². The third-order valence-corrected chi connectivity index (χ3v) is 5.75. The number of likely N-dealkylation sites (tertiary alicyclic amines) is 1. The summed E-state index contributed by atoms with van der Waals surface area (Å²) in [5, 5.41) is 11.6. The molecule has 0 radical (unpaired) electrons. The van der Waals surface area contributed by atoms with Crippen molar-refractivity contribution in [2.45, 2.75) is 70.9 Å². The fourth-order valence-electron chi connectivity index (χ4n) is 4.34. The second kappa shape index (κ2) is 8.65. The van der Waals surface area contributed by atoms with E-state index in [2.05, 4.69) is 15.5 Å². The van der Waals surface area contributed by atoms with Gasteiger partial charge in [0.1, 0.15) is 11.6 Å². The van der Waals surface area contributed by atoms with E-state index in [1.165, 1.54) is 22.4 Å². The molecule has 0 bridgehead atoms. The molecule has 1 aliphatic heterocycles. The summed E-state index contributed by atoms with van der Waals surface area (Å²) in [4.78, 5) is 27.0. The highest BCUT2D eigenvalue weighted by molar-refractivity contribution is 5.97. The quantitative estimate of drug-likeness (QED) is 0.794. The number of aryl methyl sites for hydroxylation is 1. The summed E-state index contributed by atoms with van der Waals surface area (Å²) < 4.78 is 5.47. The summed E-state index contributed by atoms with van der Waals surface area (Å²) in [5.41, 5.74) is 4.46. The van der Waals surface area contributed by atoms with Crippen molar-refractivity contribution in [1.82, 2.24) is 15.1 Å². The average molecular weight is 423 g/mol. The molecule has 1 aromatic heterocycles. The van der Waals surface area contributed by atoms with Gasteiger partial charge in [-0.05, 0) is 82.6 Å². The Morgan fingerprint density at radius 2 is 1.97 bits per heavy atom. The zero-order valence-electron chi connectivity index (χ0n) is 18.5. The number of hydrogen-bond donors (Lipinski definition) is 1. The molecule has 1 atom stereocenters. The number of nitrogens with zero attached hydrogens (tertiary/aromatic N) is 3. The summed E-state index contributed by atoms with van der Waals surface area (Å²) in [5.74, 6) is -0.193. The molecule has 1 aromatic carbocycles. The topological polar surface area (TPSA) is 84.4 Å². The number of anilines is 1. The molecule has 1 N–H and O–H groups in total. The molecule has 1 aliphatic carbocycles. The van der Waals surface area contributed by atoms with Gasteiger partial charge in [0, 0.05) is 17.8 Å². The number of amides is 2. The predicted octanol–water partition coefficient (Wildman–Crippen LogP) is 4.36. The maximum absolute atomic E-state index is 13.0. The Morgan fingerprint density at radius 3 is 2.77 bits per heavy atom. The molecular formula is C24H30N4O3. The monoisotopic (exact) mass is 422 g/mol. The average Bonchev–Trinajstić information content (AvgIpc) is 3.23. The van der Waals surface area contributed by atoms with E-state index in [0.29, 0.717) is 18.7 Å². The lowest BCUT2D eigenvalue weighted by Gasteiger charge is -2.28. The normalized spacial score (nSPS) is 18.4. The Kier molecular flexibility index (Phi) is 5.94. The number of ether oxygens (including phenoxy) is 1. The Bertz CT molecular complexity index is 983. The maximum atomic E-state index is 13.0. The lowest BCUT2D eigenvalue weighted by Crippen LogP contribution is -2.45. The second-order valence-corrected chi connectivity index (χ2v) is 9.31. The van der Waals surface area contributed by atoms with Crippen molar-refractivity contribution in [2.24, 2.45) is 0 Å². The summed E-state index contributed by atoms with van der Waals surface area (Å²) in [6.45, 7) is 6.00. The minimum absolute atomic E-state index is 0.193. The van der Waals surface area contributed by atoms with Gasteiger partial charge in [-0.2, -0.15) is 10.2 Å². The van der Waals surface area contributed by atoms with E-state index < -0.39 is 17.7 Å². The molecule has 0 saturated carbocycles. The van der Waals surface area contributed by atoms with Gasteiger partial charge in [0.15, 0.2) is 0 Å². The van der Waals surface area contributed by atoms with Crippen LogP contribution in [0.2, 0.25) is 0 Å². The Labute approximate surface area is 183 Å². The van der Waals surface area contributed by atoms with E-state index in [9.17, 15) is 9.59 Å². The Hall–Kier alpha value is -2.96. The number of rotatable bonds is 3. The van der Waals surface area contributed by atoms with Crippen LogP contribution in [0.15, 0.2) is 30.5 Å². The van der Waals surface area contributed by atoms with E-state index in [1.807, 2.05) is 51.2 Å². The van der Waals surface area contributed by atoms with Gasteiger partial charge in [-0.15, -0.1) is 0 Å². The first-order valence-electron chi connectivity index (χ1n) is 11.1. The minimum atomic E-state index is -0.592.